The second-order valence-corrected chi connectivity index (χ2v) is 9.89. The number of hydrogen-bond acceptors (Lipinski definition) is 4. The molecule has 1 fully saturated rings. The fraction of sp³-hybridized carbons (Fsp3) is 0.517. The number of amides is 1. The van der Waals surface area contributed by atoms with Crippen LogP contribution in [0.15, 0.2) is 42.5 Å². The average molecular weight is 491 g/mol. The van der Waals surface area contributed by atoms with E-state index in [0.717, 1.165) is 81.4 Å². The largest absolute Gasteiger partial charge is 0.356 e. The number of aryl methyl sites for hydroxylation is 3. The highest BCUT2D eigenvalue weighted by Gasteiger charge is 2.30. The van der Waals surface area contributed by atoms with Gasteiger partial charge in [0.2, 0.25) is 5.91 Å². The molecule has 3 heterocycles. The van der Waals surface area contributed by atoms with E-state index in [1.807, 2.05) is 6.07 Å². The van der Waals surface area contributed by atoms with Crippen molar-refractivity contribution in [2.45, 2.75) is 53.9 Å². The van der Waals surface area contributed by atoms with Gasteiger partial charge in [0.25, 0.3) is 0 Å². The van der Waals surface area contributed by atoms with Crippen molar-refractivity contribution in [3.63, 3.8) is 0 Å². The molecule has 7 nitrogen and oxygen atoms in total. The minimum Gasteiger partial charge on any atom is -0.356 e. The molecule has 0 radical (unpaired) electrons. The van der Waals surface area contributed by atoms with Gasteiger partial charge >= 0.3 is 0 Å². The molecule has 0 saturated carbocycles. The number of nitrogens with zero attached hydrogens (tertiary/aromatic N) is 5. The highest BCUT2D eigenvalue weighted by Crippen LogP contribution is 2.35. The molecule has 2 aromatic heterocycles. The monoisotopic (exact) mass is 490 g/mol. The third-order valence-corrected chi connectivity index (χ3v) is 7.51. The van der Waals surface area contributed by atoms with Crippen LogP contribution in [-0.2, 0) is 4.79 Å². The van der Waals surface area contributed by atoms with Crippen LogP contribution in [0.2, 0.25) is 0 Å². The molecule has 0 unspecified atom stereocenters. The SMILES string of the molecule is CCN(CC)CCCNC(=O)C1CCN(c2c(-n3c(C)ccc3C)c(C)nn2-c2ccccc2)CC1. The van der Waals surface area contributed by atoms with Gasteiger partial charge in [-0.2, -0.15) is 5.10 Å². The number of carbonyl (C=O) groups excluding carboxylic acids is 1. The fourth-order valence-corrected chi connectivity index (χ4v) is 5.37. The first-order chi connectivity index (χ1) is 17.4. The zero-order chi connectivity index (χ0) is 25.7. The first-order valence-corrected chi connectivity index (χ1v) is 13.5. The van der Waals surface area contributed by atoms with E-state index in [-0.39, 0.29) is 11.8 Å². The zero-order valence-corrected chi connectivity index (χ0v) is 22.6. The Kier molecular flexibility index (Phi) is 8.52. The summed E-state index contributed by atoms with van der Waals surface area (Å²) in [5, 5.41) is 8.19. The van der Waals surface area contributed by atoms with Crippen molar-refractivity contribution < 1.29 is 4.79 Å². The molecule has 1 N–H and O–H groups in total. The van der Waals surface area contributed by atoms with Gasteiger partial charge in [-0.3, -0.25) is 4.79 Å². The highest BCUT2D eigenvalue weighted by atomic mass is 16.1. The second-order valence-electron chi connectivity index (χ2n) is 9.89. The van der Waals surface area contributed by atoms with Crippen LogP contribution in [0.25, 0.3) is 11.4 Å². The Hall–Kier alpha value is -3.06. The summed E-state index contributed by atoms with van der Waals surface area (Å²) in [7, 11) is 0. The number of anilines is 1. The highest BCUT2D eigenvalue weighted by molar-refractivity contribution is 5.79. The third-order valence-electron chi connectivity index (χ3n) is 7.51. The molecular weight excluding hydrogens is 448 g/mol. The van der Waals surface area contributed by atoms with E-state index in [1.54, 1.807) is 0 Å². The van der Waals surface area contributed by atoms with Crippen molar-refractivity contribution in [3.05, 3.63) is 59.5 Å². The molecule has 7 heteroatoms. The maximum absolute atomic E-state index is 12.9. The Morgan fingerprint density at radius 1 is 1.00 bits per heavy atom. The van der Waals surface area contributed by atoms with Crippen molar-refractivity contribution in [1.82, 2.24) is 24.6 Å². The van der Waals surface area contributed by atoms with Crippen LogP contribution in [0.3, 0.4) is 0 Å². The Bertz CT molecular complexity index is 1120. The van der Waals surface area contributed by atoms with Crippen LogP contribution < -0.4 is 10.2 Å². The molecule has 1 saturated heterocycles. The van der Waals surface area contributed by atoms with E-state index in [1.165, 1.54) is 11.4 Å². The molecule has 1 aromatic carbocycles. The standard InChI is InChI=1S/C29H42N6O/c1-6-32(7-2)19-11-18-30-28(36)25-16-20-33(21-17-25)29-27(34-22(3)14-15-23(34)4)24(5)31-35(29)26-12-9-8-10-13-26/h8-10,12-15,25H,6-7,11,16-21H2,1-5H3,(H,30,36). The summed E-state index contributed by atoms with van der Waals surface area (Å²) in [6.45, 7) is 16.3. The number of hydrogen-bond donors (Lipinski definition) is 1. The molecule has 1 aliphatic heterocycles. The minimum atomic E-state index is 0.0717. The lowest BCUT2D eigenvalue weighted by atomic mass is 9.95. The predicted octanol–water partition coefficient (Wildman–Crippen LogP) is 4.65. The van der Waals surface area contributed by atoms with Gasteiger partial charge in [-0.05, 0) is 83.9 Å². The summed E-state index contributed by atoms with van der Waals surface area (Å²) in [6, 6.07) is 14.7. The summed E-state index contributed by atoms with van der Waals surface area (Å²) in [6.07, 6.45) is 2.70. The first kappa shape index (κ1) is 26.0. The van der Waals surface area contributed by atoms with Gasteiger partial charge in [0, 0.05) is 36.9 Å². The summed E-state index contributed by atoms with van der Waals surface area (Å²) in [5.74, 6) is 1.39. The number of rotatable bonds is 10. The molecule has 4 rings (SSSR count). The fourth-order valence-electron chi connectivity index (χ4n) is 5.37. The van der Waals surface area contributed by atoms with Crippen LogP contribution in [0.1, 0.15) is 50.2 Å². The smallest absolute Gasteiger partial charge is 0.223 e. The third kappa shape index (κ3) is 5.51. The number of para-hydroxylation sites is 1. The Morgan fingerprint density at radius 3 is 2.25 bits per heavy atom. The Labute approximate surface area is 216 Å². The van der Waals surface area contributed by atoms with Crippen LogP contribution >= 0.6 is 0 Å². The molecular formula is C29H42N6O. The van der Waals surface area contributed by atoms with Gasteiger partial charge in [-0.15, -0.1) is 0 Å². The summed E-state index contributed by atoms with van der Waals surface area (Å²) in [5.41, 5.74) is 5.59. The molecule has 0 bridgehead atoms. The molecule has 36 heavy (non-hydrogen) atoms. The van der Waals surface area contributed by atoms with Gasteiger partial charge in [-0.25, -0.2) is 4.68 Å². The molecule has 1 aliphatic rings. The van der Waals surface area contributed by atoms with Crippen molar-refractivity contribution in [3.8, 4) is 11.4 Å². The van der Waals surface area contributed by atoms with E-state index in [0.29, 0.717) is 0 Å². The van der Waals surface area contributed by atoms with Gasteiger partial charge in [0.1, 0.15) is 5.69 Å². The van der Waals surface area contributed by atoms with Gasteiger partial charge in [0.05, 0.1) is 11.4 Å². The normalized spacial score (nSPS) is 14.6. The second kappa shape index (κ2) is 11.8. The van der Waals surface area contributed by atoms with E-state index in [4.69, 9.17) is 5.10 Å². The molecule has 0 aliphatic carbocycles. The van der Waals surface area contributed by atoms with E-state index in [9.17, 15) is 4.79 Å². The van der Waals surface area contributed by atoms with Gasteiger partial charge in [-0.1, -0.05) is 32.0 Å². The van der Waals surface area contributed by atoms with Crippen molar-refractivity contribution in [2.75, 3.05) is 44.2 Å². The lowest BCUT2D eigenvalue weighted by molar-refractivity contribution is -0.125. The molecule has 0 spiro atoms. The maximum Gasteiger partial charge on any atom is 0.223 e. The molecule has 0 atom stereocenters. The number of benzene rings is 1. The number of carbonyl (C=O) groups is 1. The number of piperidine rings is 1. The zero-order valence-electron chi connectivity index (χ0n) is 22.6. The molecule has 1 amide bonds. The van der Waals surface area contributed by atoms with Gasteiger partial charge < -0.3 is 19.7 Å². The van der Waals surface area contributed by atoms with Crippen molar-refractivity contribution in [2.24, 2.45) is 5.92 Å². The first-order valence-electron chi connectivity index (χ1n) is 13.5. The maximum atomic E-state index is 12.9. The lowest BCUT2D eigenvalue weighted by Gasteiger charge is -2.34. The molecule has 194 valence electrons. The van der Waals surface area contributed by atoms with Gasteiger partial charge in [0.15, 0.2) is 5.82 Å². The quantitative estimate of drug-likeness (QED) is 0.420. The topological polar surface area (TPSA) is 58.3 Å². The minimum absolute atomic E-state index is 0.0717. The van der Waals surface area contributed by atoms with Crippen LogP contribution in [0.5, 0.6) is 0 Å². The summed E-state index contributed by atoms with van der Waals surface area (Å²) in [4.78, 5) is 17.7. The van der Waals surface area contributed by atoms with Crippen LogP contribution in [-0.4, -0.2) is 64.4 Å². The van der Waals surface area contributed by atoms with Crippen LogP contribution in [0, 0.1) is 26.7 Å². The van der Waals surface area contributed by atoms with Crippen molar-refractivity contribution in [1.29, 1.82) is 0 Å². The summed E-state index contributed by atoms with van der Waals surface area (Å²) < 4.78 is 4.39. The predicted molar refractivity (Wildman–Crippen MR) is 147 cm³/mol. The Morgan fingerprint density at radius 2 is 1.64 bits per heavy atom. The Balaban J connectivity index is 1.51. The molecule has 3 aromatic rings. The average Bonchev–Trinajstić information content (AvgIpc) is 3.41. The number of nitrogens with one attached hydrogen (secondary N) is 1. The van der Waals surface area contributed by atoms with E-state index in [2.05, 4.69) is 95.4 Å². The number of aromatic nitrogens is 3. The van der Waals surface area contributed by atoms with E-state index >= 15 is 0 Å². The summed E-state index contributed by atoms with van der Waals surface area (Å²) >= 11 is 0. The van der Waals surface area contributed by atoms with E-state index < -0.39 is 0 Å². The lowest BCUT2D eigenvalue weighted by Crippen LogP contribution is -2.42. The van der Waals surface area contributed by atoms with Crippen molar-refractivity contribution >= 4 is 11.7 Å². The van der Waals surface area contributed by atoms with Crippen LogP contribution in [0.4, 0.5) is 5.82 Å².